The van der Waals surface area contributed by atoms with E-state index in [4.69, 9.17) is 21.1 Å². The summed E-state index contributed by atoms with van der Waals surface area (Å²) in [5.74, 6) is 1.07. The minimum atomic E-state index is -0.588. The molecule has 0 bridgehead atoms. The maximum Gasteiger partial charge on any atom is 0.234 e. The third-order valence-corrected chi connectivity index (χ3v) is 5.26. The number of hydrogen-bond donors (Lipinski definition) is 1. The molecule has 0 atom stereocenters. The Morgan fingerprint density at radius 3 is 2.89 bits per heavy atom. The van der Waals surface area contributed by atoms with E-state index in [1.807, 2.05) is 18.2 Å². The molecule has 0 aliphatic carbocycles. The van der Waals surface area contributed by atoms with Gasteiger partial charge in [0.1, 0.15) is 5.82 Å². The number of nitrogens with one attached hydrogen (secondary N) is 1. The predicted molar refractivity (Wildman–Crippen MR) is 103 cm³/mol. The second kappa shape index (κ2) is 7.69. The van der Waals surface area contributed by atoms with Gasteiger partial charge in [-0.15, -0.1) is 10.2 Å². The summed E-state index contributed by atoms with van der Waals surface area (Å²) in [6.45, 7) is 0.196. The van der Waals surface area contributed by atoms with Crippen LogP contribution in [0.5, 0.6) is 11.5 Å². The standard InChI is InChI=1S/C18H14ClFN4O3S/c1-24-17(10-2-5-14-15(6-10)27-9-26-14)22-23-18(24)28-8-16(25)21-13-4-3-11(19)7-12(13)20/h2-7H,8-9H2,1H3,(H,21,25). The van der Waals surface area contributed by atoms with Crippen LogP contribution in [0.25, 0.3) is 11.4 Å². The smallest absolute Gasteiger partial charge is 0.234 e. The normalized spacial score (nSPS) is 12.2. The maximum atomic E-state index is 13.8. The summed E-state index contributed by atoms with van der Waals surface area (Å²) in [6, 6.07) is 9.57. The van der Waals surface area contributed by atoms with Crippen LogP contribution < -0.4 is 14.8 Å². The number of thioether (sulfide) groups is 1. The average molecular weight is 421 g/mol. The zero-order chi connectivity index (χ0) is 19.7. The molecular weight excluding hydrogens is 407 g/mol. The summed E-state index contributed by atoms with van der Waals surface area (Å²) in [6.07, 6.45) is 0. The van der Waals surface area contributed by atoms with Crippen molar-refractivity contribution in [3.63, 3.8) is 0 Å². The number of carbonyl (C=O) groups is 1. The van der Waals surface area contributed by atoms with E-state index in [-0.39, 0.29) is 29.2 Å². The molecule has 0 radical (unpaired) electrons. The van der Waals surface area contributed by atoms with E-state index in [0.29, 0.717) is 22.5 Å². The fraction of sp³-hybridized carbons (Fsp3) is 0.167. The van der Waals surface area contributed by atoms with E-state index < -0.39 is 5.82 Å². The van der Waals surface area contributed by atoms with Crippen molar-refractivity contribution >= 4 is 35.0 Å². The molecule has 1 aliphatic heterocycles. The number of nitrogens with zero attached hydrogens (tertiary/aromatic N) is 3. The summed E-state index contributed by atoms with van der Waals surface area (Å²) in [5, 5.41) is 11.6. The van der Waals surface area contributed by atoms with Crippen molar-refractivity contribution in [2.45, 2.75) is 5.16 Å². The summed E-state index contributed by atoms with van der Waals surface area (Å²) >= 11 is 6.90. The molecule has 1 aromatic heterocycles. The van der Waals surface area contributed by atoms with Crippen LogP contribution in [0, 0.1) is 5.82 Å². The highest BCUT2D eigenvalue weighted by molar-refractivity contribution is 7.99. The topological polar surface area (TPSA) is 78.3 Å². The lowest BCUT2D eigenvalue weighted by Crippen LogP contribution is -2.15. The van der Waals surface area contributed by atoms with Crippen LogP contribution in [0.3, 0.4) is 0 Å². The molecule has 2 aromatic carbocycles. The number of anilines is 1. The quantitative estimate of drug-likeness (QED) is 0.633. The largest absolute Gasteiger partial charge is 0.454 e. The Morgan fingerprint density at radius 2 is 2.07 bits per heavy atom. The van der Waals surface area contributed by atoms with Crippen LogP contribution in [0.2, 0.25) is 5.02 Å². The first-order valence-electron chi connectivity index (χ1n) is 8.18. The van der Waals surface area contributed by atoms with E-state index in [2.05, 4.69) is 15.5 Å². The fourth-order valence-corrected chi connectivity index (χ4v) is 3.50. The van der Waals surface area contributed by atoms with Gasteiger partial charge in [-0.1, -0.05) is 23.4 Å². The van der Waals surface area contributed by atoms with Gasteiger partial charge in [0.25, 0.3) is 0 Å². The van der Waals surface area contributed by atoms with Gasteiger partial charge in [0.05, 0.1) is 11.4 Å². The number of halogens is 2. The van der Waals surface area contributed by atoms with Gasteiger partial charge in [-0.3, -0.25) is 4.79 Å². The van der Waals surface area contributed by atoms with E-state index in [9.17, 15) is 9.18 Å². The highest BCUT2D eigenvalue weighted by atomic mass is 35.5. The minimum Gasteiger partial charge on any atom is -0.454 e. The van der Waals surface area contributed by atoms with Gasteiger partial charge in [0.2, 0.25) is 12.7 Å². The second-order valence-corrected chi connectivity index (χ2v) is 7.27. The molecule has 28 heavy (non-hydrogen) atoms. The first-order valence-corrected chi connectivity index (χ1v) is 9.55. The van der Waals surface area contributed by atoms with Crippen LogP contribution in [0.4, 0.5) is 10.1 Å². The molecule has 2 heterocycles. The van der Waals surface area contributed by atoms with Crippen LogP contribution in [-0.4, -0.2) is 33.2 Å². The number of hydrogen-bond acceptors (Lipinski definition) is 6. The van der Waals surface area contributed by atoms with Gasteiger partial charge in [-0.2, -0.15) is 0 Å². The molecule has 0 unspecified atom stereocenters. The Labute approximate surface area is 168 Å². The van der Waals surface area contributed by atoms with Gasteiger partial charge in [0, 0.05) is 17.6 Å². The van der Waals surface area contributed by atoms with Crippen LogP contribution in [0.15, 0.2) is 41.6 Å². The van der Waals surface area contributed by atoms with Gasteiger partial charge in [-0.05, 0) is 36.4 Å². The number of aromatic nitrogens is 3. The Balaban J connectivity index is 1.42. The SMILES string of the molecule is Cn1c(SCC(=O)Nc2ccc(Cl)cc2F)nnc1-c1ccc2c(c1)OCO2. The van der Waals surface area contributed by atoms with Crippen molar-refractivity contribution in [1.82, 2.24) is 14.8 Å². The first kappa shape index (κ1) is 18.6. The number of ether oxygens (including phenoxy) is 2. The summed E-state index contributed by atoms with van der Waals surface area (Å²) in [5.41, 5.74) is 0.896. The molecule has 0 fully saturated rings. The van der Waals surface area contributed by atoms with E-state index in [0.717, 1.165) is 11.6 Å². The van der Waals surface area contributed by atoms with Crippen LogP contribution in [0.1, 0.15) is 0 Å². The first-order chi connectivity index (χ1) is 13.5. The number of carbonyl (C=O) groups excluding carboxylic acids is 1. The zero-order valence-electron chi connectivity index (χ0n) is 14.6. The number of amides is 1. The molecule has 1 aliphatic rings. The lowest BCUT2D eigenvalue weighted by Gasteiger charge is -2.07. The Bertz CT molecular complexity index is 1060. The van der Waals surface area contributed by atoms with E-state index in [1.54, 1.807) is 11.6 Å². The molecule has 1 N–H and O–H groups in total. The van der Waals surface area contributed by atoms with Gasteiger partial charge < -0.3 is 19.4 Å². The highest BCUT2D eigenvalue weighted by Gasteiger charge is 2.18. The van der Waals surface area contributed by atoms with Crippen molar-refractivity contribution in [2.24, 2.45) is 7.05 Å². The van der Waals surface area contributed by atoms with Gasteiger partial charge in [-0.25, -0.2) is 4.39 Å². The molecule has 7 nitrogen and oxygen atoms in total. The van der Waals surface area contributed by atoms with Crippen molar-refractivity contribution in [1.29, 1.82) is 0 Å². The summed E-state index contributed by atoms with van der Waals surface area (Å²) < 4.78 is 26.2. The Kier molecular flexibility index (Phi) is 5.10. The zero-order valence-corrected chi connectivity index (χ0v) is 16.2. The van der Waals surface area contributed by atoms with E-state index >= 15 is 0 Å². The summed E-state index contributed by atoms with van der Waals surface area (Å²) in [4.78, 5) is 12.1. The average Bonchev–Trinajstić information content (AvgIpc) is 3.28. The predicted octanol–water partition coefficient (Wildman–Crippen LogP) is 3.73. The van der Waals surface area contributed by atoms with Crippen molar-refractivity contribution in [3.8, 4) is 22.9 Å². The third kappa shape index (κ3) is 3.76. The van der Waals surface area contributed by atoms with Crippen molar-refractivity contribution in [3.05, 3.63) is 47.2 Å². The monoisotopic (exact) mass is 420 g/mol. The second-order valence-electron chi connectivity index (χ2n) is 5.89. The molecule has 0 spiro atoms. The Morgan fingerprint density at radius 1 is 1.25 bits per heavy atom. The van der Waals surface area contributed by atoms with E-state index in [1.165, 1.54) is 23.9 Å². The van der Waals surface area contributed by atoms with Gasteiger partial charge in [0.15, 0.2) is 22.5 Å². The lowest BCUT2D eigenvalue weighted by molar-refractivity contribution is -0.113. The number of benzene rings is 2. The van der Waals surface area contributed by atoms with Crippen LogP contribution >= 0.6 is 23.4 Å². The maximum absolute atomic E-state index is 13.8. The van der Waals surface area contributed by atoms with Crippen LogP contribution in [-0.2, 0) is 11.8 Å². The summed E-state index contributed by atoms with van der Waals surface area (Å²) in [7, 11) is 1.80. The molecule has 0 saturated heterocycles. The van der Waals surface area contributed by atoms with Gasteiger partial charge >= 0.3 is 0 Å². The molecule has 144 valence electrons. The van der Waals surface area contributed by atoms with Crippen molar-refractivity contribution < 1.29 is 18.7 Å². The number of fused-ring (bicyclic) bond motifs is 1. The fourth-order valence-electron chi connectivity index (χ4n) is 2.63. The molecule has 0 saturated carbocycles. The molecular formula is C18H14ClFN4O3S. The highest BCUT2D eigenvalue weighted by Crippen LogP contribution is 2.35. The van der Waals surface area contributed by atoms with Crippen molar-refractivity contribution in [2.75, 3.05) is 17.9 Å². The molecule has 10 heteroatoms. The molecule has 3 aromatic rings. The number of rotatable bonds is 5. The lowest BCUT2D eigenvalue weighted by atomic mass is 10.2. The minimum absolute atomic E-state index is 0.0508. The Hall–Kier alpha value is -2.78. The molecule has 4 rings (SSSR count). The third-order valence-electron chi connectivity index (χ3n) is 4.00. The molecule has 1 amide bonds.